The number of halogens is 1. The Morgan fingerprint density at radius 3 is 2.68 bits per heavy atom. The minimum Gasteiger partial charge on any atom is -0.488 e. The number of fused-ring (bicyclic) bond motifs is 1. The molecule has 3 aromatic rings. The molecule has 0 atom stereocenters. The van der Waals surface area contributed by atoms with Crippen molar-refractivity contribution in [1.29, 1.82) is 0 Å². The summed E-state index contributed by atoms with van der Waals surface area (Å²) in [5, 5.41) is 9.64. The molecule has 0 saturated heterocycles. The molecule has 0 spiro atoms. The molecule has 0 fully saturated rings. The van der Waals surface area contributed by atoms with Crippen molar-refractivity contribution in [3.05, 3.63) is 65.1 Å². The van der Waals surface area contributed by atoms with E-state index in [1.807, 2.05) is 30.3 Å². The zero-order valence-electron chi connectivity index (χ0n) is 11.9. The van der Waals surface area contributed by atoms with Crippen molar-refractivity contribution in [2.45, 2.75) is 13.5 Å². The lowest BCUT2D eigenvalue weighted by Gasteiger charge is -2.09. The van der Waals surface area contributed by atoms with Crippen molar-refractivity contribution in [3.8, 4) is 5.75 Å². The Morgan fingerprint density at radius 2 is 2.00 bits per heavy atom. The number of benzene rings is 2. The number of H-pyrrole nitrogens is 1. The van der Waals surface area contributed by atoms with Crippen molar-refractivity contribution in [3.63, 3.8) is 0 Å². The van der Waals surface area contributed by atoms with Gasteiger partial charge in [0.15, 0.2) is 0 Å². The summed E-state index contributed by atoms with van der Waals surface area (Å²) < 4.78 is 19.7. The number of carbonyl (C=O) groups is 1. The highest BCUT2D eigenvalue weighted by Crippen LogP contribution is 2.31. The van der Waals surface area contributed by atoms with E-state index < -0.39 is 11.8 Å². The molecule has 1 aromatic heterocycles. The summed E-state index contributed by atoms with van der Waals surface area (Å²) in [4.78, 5) is 13.8. The summed E-state index contributed by atoms with van der Waals surface area (Å²) in [5.41, 5.74) is 1.77. The van der Waals surface area contributed by atoms with E-state index in [1.54, 1.807) is 6.92 Å². The van der Waals surface area contributed by atoms with E-state index in [0.29, 0.717) is 22.2 Å². The fourth-order valence-corrected chi connectivity index (χ4v) is 2.34. The second-order valence-electron chi connectivity index (χ2n) is 5.03. The first-order chi connectivity index (χ1) is 10.6. The second-order valence-corrected chi connectivity index (χ2v) is 5.03. The highest BCUT2D eigenvalue weighted by Gasteiger charge is 2.16. The summed E-state index contributed by atoms with van der Waals surface area (Å²) in [6.07, 6.45) is 0. The van der Waals surface area contributed by atoms with Crippen LogP contribution in [-0.2, 0) is 6.61 Å². The molecule has 112 valence electrons. The Morgan fingerprint density at radius 1 is 1.27 bits per heavy atom. The van der Waals surface area contributed by atoms with Gasteiger partial charge in [-0.3, -0.25) is 0 Å². The monoisotopic (exact) mass is 299 g/mol. The van der Waals surface area contributed by atoms with Crippen molar-refractivity contribution in [2.75, 3.05) is 0 Å². The molecule has 0 saturated carbocycles. The predicted molar refractivity (Wildman–Crippen MR) is 80.7 cm³/mol. The van der Waals surface area contributed by atoms with Gasteiger partial charge in [-0.15, -0.1) is 0 Å². The molecule has 2 aromatic carbocycles. The van der Waals surface area contributed by atoms with E-state index in [9.17, 15) is 9.18 Å². The van der Waals surface area contributed by atoms with Crippen molar-refractivity contribution < 1.29 is 19.0 Å². The topological polar surface area (TPSA) is 62.3 Å². The number of carboxylic acids is 1. The van der Waals surface area contributed by atoms with Crippen LogP contribution in [0.15, 0.2) is 42.5 Å². The number of hydrogen-bond acceptors (Lipinski definition) is 2. The number of aromatic carboxylic acids is 1. The minimum absolute atomic E-state index is 0.00765. The number of ether oxygens (including phenoxy) is 1. The van der Waals surface area contributed by atoms with E-state index in [0.717, 1.165) is 5.56 Å². The summed E-state index contributed by atoms with van der Waals surface area (Å²) in [5.74, 6) is -1.20. The molecule has 0 amide bonds. The summed E-state index contributed by atoms with van der Waals surface area (Å²) >= 11 is 0. The maximum absolute atomic E-state index is 14.0. The van der Waals surface area contributed by atoms with Crippen LogP contribution in [0.1, 0.15) is 21.6 Å². The SMILES string of the molecule is Cc1c(F)cc(OCc2ccccc2)c2cc(C(=O)O)[nH]c12. The van der Waals surface area contributed by atoms with Gasteiger partial charge in [-0.05, 0) is 18.6 Å². The largest absolute Gasteiger partial charge is 0.488 e. The molecular weight excluding hydrogens is 285 g/mol. The number of rotatable bonds is 4. The van der Waals surface area contributed by atoms with E-state index in [1.165, 1.54) is 12.1 Å². The van der Waals surface area contributed by atoms with Gasteiger partial charge in [0, 0.05) is 17.0 Å². The predicted octanol–water partition coefficient (Wildman–Crippen LogP) is 3.89. The number of aryl methyl sites for hydroxylation is 1. The minimum atomic E-state index is -1.09. The quantitative estimate of drug-likeness (QED) is 0.768. The van der Waals surface area contributed by atoms with Crippen molar-refractivity contribution in [2.24, 2.45) is 0 Å². The zero-order valence-corrected chi connectivity index (χ0v) is 11.9. The molecule has 0 bridgehead atoms. The highest BCUT2D eigenvalue weighted by molar-refractivity contribution is 5.97. The molecule has 1 heterocycles. The fraction of sp³-hybridized carbons (Fsp3) is 0.118. The van der Waals surface area contributed by atoms with Gasteiger partial charge in [0.2, 0.25) is 0 Å². The molecule has 0 radical (unpaired) electrons. The Labute approximate surface area is 126 Å². The number of aromatic nitrogens is 1. The molecule has 5 heteroatoms. The first-order valence-electron chi connectivity index (χ1n) is 6.78. The third-order valence-corrected chi connectivity index (χ3v) is 3.54. The summed E-state index contributed by atoms with van der Waals surface area (Å²) in [7, 11) is 0. The molecule has 0 aliphatic rings. The van der Waals surface area contributed by atoms with Crippen LogP contribution in [0.5, 0.6) is 5.75 Å². The highest BCUT2D eigenvalue weighted by atomic mass is 19.1. The van der Waals surface area contributed by atoms with Crippen molar-refractivity contribution >= 4 is 16.9 Å². The van der Waals surface area contributed by atoms with Crippen LogP contribution >= 0.6 is 0 Å². The van der Waals surface area contributed by atoms with Gasteiger partial charge < -0.3 is 14.8 Å². The van der Waals surface area contributed by atoms with Crippen LogP contribution < -0.4 is 4.74 Å². The first kappa shape index (κ1) is 14.1. The molecular formula is C17H14FNO3. The Kier molecular flexibility index (Phi) is 3.55. The molecule has 2 N–H and O–H groups in total. The summed E-state index contributed by atoms with van der Waals surface area (Å²) in [6.45, 7) is 1.88. The number of hydrogen-bond donors (Lipinski definition) is 2. The Hall–Kier alpha value is -2.82. The van der Waals surface area contributed by atoms with Gasteiger partial charge >= 0.3 is 5.97 Å². The average molecular weight is 299 g/mol. The van der Waals surface area contributed by atoms with Crippen LogP contribution in [-0.4, -0.2) is 16.1 Å². The number of aromatic amines is 1. The Bertz CT molecular complexity index is 840. The van der Waals surface area contributed by atoms with Crippen molar-refractivity contribution in [1.82, 2.24) is 4.98 Å². The van der Waals surface area contributed by atoms with Crippen LogP contribution in [0.2, 0.25) is 0 Å². The third kappa shape index (κ3) is 2.53. The molecule has 22 heavy (non-hydrogen) atoms. The van der Waals surface area contributed by atoms with E-state index in [-0.39, 0.29) is 12.3 Å². The fourth-order valence-electron chi connectivity index (χ4n) is 2.34. The molecule has 0 unspecified atom stereocenters. The zero-order chi connectivity index (χ0) is 15.7. The average Bonchev–Trinajstić information content (AvgIpc) is 2.96. The number of nitrogens with one attached hydrogen (secondary N) is 1. The van der Waals surface area contributed by atoms with Crippen LogP contribution in [0.4, 0.5) is 4.39 Å². The van der Waals surface area contributed by atoms with Gasteiger partial charge in [-0.2, -0.15) is 0 Å². The van der Waals surface area contributed by atoms with Crippen LogP contribution in [0.25, 0.3) is 10.9 Å². The van der Waals surface area contributed by atoms with Gasteiger partial charge in [-0.1, -0.05) is 30.3 Å². The lowest BCUT2D eigenvalue weighted by Crippen LogP contribution is -1.97. The summed E-state index contributed by atoms with van der Waals surface area (Å²) in [6, 6.07) is 12.2. The van der Waals surface area contributed by atoms with Gasteiger partial charge in [0.1, 0.15) is 23.9 Å². The molecule has 0 aliphatic carbocycles. The normalized spacial score (nSPS) is 10.8. The first-order valence-corrected chi connectivity index (χ1v) is 6.78. The maximum atomic E-state index is 14.0. The van der Waals surface area contributed by atoms with Gasteiger partial charge in [0.05, 0.1) is 5.52 Å². The van der Waals surface area contributed by atoms with Crippen LogP contribution in [0.3, 0.4) is 0 Å². The van der Waals surface area contributed by atoms with E-state index >= 15 is 0 Å². The van der Waals surface area contributed by atoms with E-state index in [4.69, 9.17) is 9.84 Å². The van der Waals surface area contributed by atoms with E-state index in [2.05, 4.69) is 4.98 Å². The lowest BCUT2D eigenvalue weighted by molar-refractivity contribution is 0.0691. The molecule has 0 aliphatic heterocycles. The molecule has 4 nitrogen and oxygen atoms in total. The smallest absolute Gasteiger partial charge is 0.352 e. The van der Waals surface area contributed by atoms with Crippen LogP contribution in [0, 0.1) is 12.7 Å². The molecule has 3 rings (SSSR count). The Balaban J connectivity index is 2.01. The lowest BCUT2D eigenvalue weighted by atomic mass is 10.1. The second kappa shape index (κ2) is 5.52. The third-order valence-electron chi connectivity index (χ3n) is 3.54. The standard InChI is InChI=1S/C17H14FNO3/c1-10-13(18)8-15(22-9-11-5-3-2-4-6-11)12-7-14(17(20)21)19-16(10)12/h2-8,19H,9H2,1H3,(H,20,21). The maximum Gasteiger partial charge on any atom is 0.352 e. The number of carboxylic acid groups (broad SMARTS) is 1. The van der Waals surface area contributed by atoms with Gasteiger partial charge in [-0.25, -0.2) is 9.18 Å². The van der Waals surface area contributed by atoms with Gasteiger partial charge in [0.25, 0.3) is 0 Å².